The van der Waals surface area contributed by atoms with Crippen molar-refractivity contribution in [2.75, 3.05) is 12.4 Å². The van der Waals surface area contributed by atoms with Crippen molar-refractivity contribution in [3.05, 3.63) is 93.7 Å². The van der Waals surface area contributed by atoms with E-state index in [0.29, 0.717) is 16.5 Å². The molecule has 2 atom stereocenters. The van der Waals surface area contributed by atoms with E-state index in [-0.39, 0.29) is 11.9 Å². The number of rotatable bonds is 7. The minimum Gasteiger partial charge on any atom is -0.497 e. The van der Waals surface area contributed by atoms with Gasteiger partial charge in [0, 0.05) is 12.1 Å². The van der Waals surface area contributed by atoms with Crippen LogP contribution in [0.15, 0.2) is 66.7 Å². The van der Waals surface area contributed by atoms with Gasteiger partial charge in [-0.1, -0.05) is 41.4 Å². The highest BCUT2D eigenvalue weighted by atomic mass is 35.5. The fourth-order valence-electron chi connectivity index (χ4n) is 2.94. The first-order valence-electron chi connectivity index (χ1n) is 8.75. The molecule has 3 rings (SSSR count). The van der Waals surface area contributed by atoms with Crippen LogP contribution in [0, 0.1) is 5.82 Å². The Morgan fingerprint density at radius 1 is 0.929 bits per heavy atom. The molecule has 3 aromatic rings. The van der Waals surface area contributed by atoms with E-state index in [1.807, 2.05) is 18.2 Å². The number of aliphatic hydroxyl groups is 1. The molecular weight excluding hydrogens is 400 g/mol. The SMILES string of the molecule is COc1ccc(C(O)CC(Nc2ccc(F)cc2)c2ccc(Cl)c(Cl)c2)cc1. The first-order valence-corrected chi connectivity index (χ1v) is 9.51. The molecule has 0 radical (unpaired) electrons. The quantitative estimate of drug-likeness (QED) is 0.464. The van der Waals surface area contributed by atoms with Crippen LogP contribution in [0.5, 0.6) is 5.75 Å². The first kappa shape index (κ1) is 20.5. The fourth-order valence-corrected chi connectivity index (χ4v) is 3.25. The number of halogens is 3. The second-order valence-corrected chi connectivity index (χ2v) is 7.22. The number of hydrogen-bond donors (Lipinski definition) is 2. The van der Waals surface area contributed by atoms with E-state index in [1.165, 1.54) is 12.1 Å². The summed E-state index contributed by atoms with van der Waals surface area (Å²) in [4.78, 5) is 0. The number of benzene rings is 3. The predicted octanol–water partition coefficient (Wildman–Crippen LogP) is 6.42. The molecule has 0 bridgehead atoms. The minimum atomic E-state index is -0.724. The number of hydrogen-bond acceptors (Lipinski definition) is 3. The molecule has 0 aliphatic rings. The Balaban J connectivity index is 1.85. The lowest BCUT2D eigenvalue weighted by Crippen LogP contribution is -2.15. The second-order valence-electron chi connectivity index (χ2n) is 6.40. The van der Waals surface area contributed by atoms with Crippen molar-refractivity contribution in [1.82, 2.24) is 0 Å². The van der Waals surface area contributed by atoms with Crippen LogP contribution in [0.2, 0.25) is 10.0 Å². The topological polar surface area (TPSA) is 41.5 Å². The zero-order chi connectivity index (χ0) is 20.1. The molecule has 0 saturated carbocycles. The van der Waals surface area contributed by atoms with Gasteiger partial charge in [-0.05, 0) is 59.7 Å². The Morgan fingerprint density at radius 3 is 2.18 bits per heavy atom. The van der Waals surface area contributed by atoms with Crippen molar-refractivity contribution >= 4 is 28.9 Å². The van der Waals surface area contributed by atoms with Crippen LogP contribution in [0.4, 0.5) is 10.1 Å². The summed E-state index contributed by atoms with van der Waals surface area (Å²) in [6.07, 6.45) is -0.347. The van der Waals surface area contributed by atoms with Crippen molar-refractivity contribution < 1.29 is 14.2 Å². The largest absolute Gasteiger partial charge is 0.497 e. The number of aliphatic hydroxyl groups excluding tert-OH is 1. The van der Waals surface area contributed by atoms with E-state index in [2.05, 4.69) is 5.32 Å². The van der Waals surface area contributed by atoms with E-state index in [1.54, 1.807) is 43.5 Å². The highest BCUT2D eigenvalue weighted by molar-refractivity contribution is 6.42. The maximum absolute atomic E-state index is 13.2. The van der Waals surface area contributed by atoms with E-state index in [4.69, 9.17) is 27.9 Å². The molecule has 0 aliphatic carbocycles. The minimum absolute atomic E-state index is 0.266. The van der Waals surface area contributed by atoms with Gasteiger partial charge in [0.1, 0.15) is 11.6 Å². The van der Waals surface area contributed by atoms with Crippen LogP contribution < -0.4 is 10.1 Å². The normalized spacial score (nSPS) is 13.0. The molecule has 0 fully saturated rings. The average molecular weight is 420 g/mol. The van der Waals surface area contributed by atoms with Crippen LogP contribution >= 0.6 is 23.2 Å². The van der Waals surface area contributed by atoms with Crippen LogP contribution in [0.3, 0.4) is 0 Å². The highest BCUT2D eigenvalue weighted by Crippen LogP contribution is 2.33. The Hall–Kier alpha value is -2.27. The van der Waals surface area contributed by atoms with Crippen molar-refractivity contribution in [1.29, 1.82) is 0 Å². The van der Waals surface area contributed by atoms with Crippen LogP contribution in [-0.2, 0) is 0 Å². The summed E-state index contributed by atoms with van der Waals surface area (Å²) in [7, 11) is 1.60. The third-order valence-corrected chi connectivity index (χ3v) is 5.23. The van der Waals surface area contributed by atoms with Gasteiger partial charge in [-0.25, -0.2) is 4.39 Å². The molecule has 3 nitrogen and oxygen atoms in total. The van der Waals surface area contributed by atoms with Crippen molar-refractivity contribution in [2.24, 2.45) is 0 Å². The van der Waals surface area contributed by atoms with Crippen molar-refractivity contribution in [3.63, 3.8) is 0 Å². The molecule has 2 N–H and O–H groups in total. The van der Waals surface area contributed by atoms with Gasteiger partial charge in [0.25, 0.3) is 0 Å². The Labute approximate surface area is 173 Å². The van der Waals surface area contributed by atoms with Gasteiger partial charge in [-0.2, -0.15) is 0 Å². The number of ether oxygens (including phenoxy) is 1. The molecule has 2 unspecified atom stereocenters. The summed E-state index contributed by atoms with van der Waals surface area (Å²) in [5, 5.41) is 15.0. The fraction of sp³-hybridized carbons (Fsp3) is 0.182. The molecular formula is C22H20Cl2FNO2. The van der Waals surface area contributed by atoms with Crippen LogP contribution in [-0.4, -0.2) is 12.2 Å². The second kappa shape index (κ2) is 9.28. The summed E-state index contributed by atoms with van der Waals surface area (Å²) in [6, 6.07) is 18.4. The summed E-state index contributed by atoms with van der Waals surface area (Å²) >= 11 is 12.2. The van der Waals surface area contributed by atoms with E-state index in [0.717, 1.165) is 22.6 Å². The Bertz CT molecular complexity index is 917. The lowest BCUT2D eigenvalue weighted by molar-refractivity contribution is 0.160. The number of nitrogens with one attached hydrogen (secondary N) is 1. The third-order valence-electron chi connectivity index (χ3n) is 4.49. The maximum atomic E-state index is 13.2. The zero-order valence-corrected chi connectivity index (χ0v) is 16.7. The van der Waals surface area contributed by atoms with E-state index in [9.17, 15) is 9.50 Å². The molecule has 0 amide bonds. The molecule has 3 aromatic carbocycles. The summed E-state index contributed by atoms with van der Waals surface area (Å²) in [6.45, 7) is 0. The van der Waals surface area contributed by atoms with Gasteiger partial charge in [0.2, 0.25) is 0 Å². The van der Waals surface area contributed by atoms with Gasteiger partial charge in [-0.15, -0.1) is 0 Å². The van der Waals surface area contributed by atoms with Gasteiger partial charge in [0.05, 0.1) is 29.3 Å². The molecule has 28 heavy (non-hydrogen) atoms. The Morgan fingerprint density at radius 2 is 1.57 bits per heavy atom. The highest BCUT2D eigenvalue weighted by Gasteiger charge is 2.19. The van der Waals surface area contributed by atoms with E-state index >= 15 is 0 Å². The summed E-state index contributed by atoms with van der Waals surface area (Å²) in [5.41, 5.74) is 2.37. The molecule has 0 spiro atoms. The maximum Gasteiger partial charge on any atom is 0.123 e. The van der Waals surface area contributed by atoms with Gasteiger partial charge in [0.15, 0.2) is 0 Å². The molecule has 0 aromatic heterocycles. The van der Waals surface area contributed by atoms with Gasteiger partial charge in [-0.3, -0.25) is 0 Å². The zero-order valence-electron chi connectivity index (χ0n) is 15.2. The van der Waals surface area contributed by atoms with Crippen LogP contribution in [0.1, 0.15) is 29.7 Å². The predicted molar refractivity (Wildman–Crippen MR) is 112 cm³/mol. The molecule has 0 heterocycles. The summed E-state index contributed by atoms with van der Waals surface area (Å²) < 4.78 is 18.4. The monoisotopic (exact) mass is 419 g/mol. The van der Waals surface area contributed by atoms with Crippen LogP contribution in [0.25, 0.3) is 0 Å². The number of anilines is 1. The Kier molecular flexibility index (Phi) is 6.79. The standard InChI is InChI=1S/C22H20Cl2FNO2/c1-28-18-9-2-14(3-10-18)22(27)13-21(15-4-11-19(23)20(24)12-15)26-17-7-5-16(25)6-8-17/h2-12,21-22,26-27H,13H2,1H3. The molecule has 6 heteroatoms. The van der Waals surface area contributed by atoms with E-state index < -0.39 is 6.10 Å². The lowest BCUT2D eigenvalue weighted by Gasteiger charge is -2.24. The first-order chi connectivity index (χ1) is 13.5. The van der Waals surface area contributed by atoms with Crippen molar-refractivity contribution in [2.45, 2.75) is 18.6 Å². The number of methoxy groups -OCH3 is 1. The van der Waals surface area contributed by atoms with Gasteiger partial charge >= 0.3 is 0 Å². The van der Waals surface area contributed by atoms with Crippen molar-refractivity contribution in [3.8, 4) is 5.75 Å². The molecule has 0 saturated heterocycles. The molecule has 146 valence electrons. The smallest absolute Gasteiger partial charge is 0.123 e. The lowest BCUT2D eigenvalue weighted by atomic mass is 9.96. The third kappa shape index (κ3) is 5.16. The van der Waals surface area contributed by atoms with Gasteiger partial charge < -0.3 is 15.2 Å². The average Bonchev–Trinajstić information content (AvgIpc) is 2.71. The molecule has 0 aliphatic heterocycles. The summed E-state index contributed by atoms with van der Waals surface area (Å²) in [5.74, 6) is 0.413.